The molecule has 0 aliphatic rings. The standard InChI is InChI=1S/C11H11ClN4OS/c1-6-2-7(4-14-10(6)12)15-11(17)8-5-18-9(3-13)16-8/h2,4-5H,3,13H2,1H3,(H,15,17). The van der Waals surface area contributed by atoms with E-state index in [-0.39, 0.29) is 5.91 Å². The van der Waals surface area contributed by atoms with Crippen molar-refractivity contribution in [1.29, 1.82) is 0 Å². The number of amides is 1. The minimum Gasteiger partial charge on any atom is -0.325 e. The number of aryl methyl sites for hydroxylation is 1. The lowest BCUT2D eigenvalue weighted by atomic mass is 10.3. The molecule has 0 saturated carbocycles. The van der Waals surface area contributed by atoms with Gasteiger partial charge in [-0.1, -0.05) is 11.6 Å². The van der Waals surface area contributed by atoms with Gasteiger partial charge in [0.15, 0.2) is 0 Å². The SMILES string of the molecule is Cc1cc(NC(=O)c2csc(CN)n2)cnc1Cl. The van der Waals surface area contributed by atoms with Crippen molar-refractivity contribution in [3.63, 3.8) is 0 Å². The summed E-state index contributed by atoms with van der Waals surface area (Å²) in [6.07, 6.45) is 1.50. The number of nitrogens with zero attached hydrogens (tertiary/aromatic N) is 2. The lowest BCUT2D eigenvalue weighted by molar-refractivity contribution is 0.102. The summed E-state index contributed by atoms with van der Waals surface area (Å²) in [7, 11) is 0. The van der Waals surface area contributed by atoms with Crippen LogP contribution in [0.4, 0.5) is 5.69 Å². The molecule has 2 rings (SSSR count). The van der Waals surface area contributed by atoms with Crippen molar-refractivity contribution in [2.75, 3.05) is 5.32 Å². The highest BCUT2D eigenvalue weighted by Gasteiger charge is 2.11. The Morgan fingerprint density at radius 2 is 2.39 bits per heavy atom. The minimum atomic E-state index is -0.283. The molecule has 0 aliphatic heterocycles. The molecule has 0 fully saturated rings. The molecule has 94 valence electrons. The first-order valence-electron chi connectivity index (χ1n) is 5.18. The average Bonchev–Trinajstić information content (AvgIpc) is 2.82. The van der Waals surface area contributed by atoms with Gasteiger partial charge in [0.2, 0.25) is 0 Å². The predicted molar refractivity (Wildman–Crippen MR) is 71.9 cm³/mol. The molecule has 7 heteroatoms. The Kier molecular flexibility index (Phi) is 3.90. The van der Waals surface area contributed by atoms with Gasteiger partial charge in [0.1, 0.15) is 15.9 Å². The van der Waals surface area contributed by atoms with Crippen LogP contribution in [0.3, 0.4) is 0 Å². The molecule has 2 heterocycles. The number of halogens is 1. The molecule has 18 heavy (non-hydrogen) atoms. The number of thiazole rings is 1. The molecule has 0 radical (unpaired) electrons. The second kappa shape index (κ2) is 5.43. The molecule has 2 aromatic rings. The Balaban J connectivity index is 2.13. The number of rotatable bonds is 3. The van der Waals surface area contributed by atoms with Gasteiger partial charge in [-0.25, -0.2) is 9.97 Å². The molecule has 0 bridgehead atoms. The number of anilines is 1. The van der Waals surface area contributed by atoms with Gasteiger partial charge >= 0.3 is 0 Å². The Labute approximate surface area is 113 Å². The number of hydrogen-bond acceptors (Lipinski definition) is 5. The van der Waals surface area contributed by atoms with Gasteiger partial charge in [0, 0.05) is 11.9 Å². The summed E-state index contributed by atoms with van der Waals surface area (Å²) in [5, 5.41) is 5.53. The Bertz CT molecular complexity index is 584. The maximum absolute atomic E-state index is 11.9. The van der Waals surface area contributed by atoms with Crippen LogP contribution in [0.25, 0.3) is 0 Å². The van der Waals surface area contributed by atoms with E-state index < -0.39 is 0 Å². The molecule has 0 unspecified atom stereocenters. The fourth-order valence-corrected chi connectivity index (χ4v) is 2.09. The molecule has 0 saturated heterocycles. The number of aromatic nitrogens is 2. The fourth-order valence-electron chi connectivity index (χ4n) is 1.33. The van der Waals surface area contributed by atoms with Crippen LogP contribution in [0.2, 0.25) is 5.15 Å². The van der Waals surface area contributed by atoms with Crippen molar-refractivity contribution in [1.82, 2.24) is 9.97 Å². The van der Waals surface area contributed by atoms with E-state index in [9.17, 15) is 4.79 Å². The van der Waals surface area contributed by atoms with Crippen molar-refractivity contribution < 1.29 is 4.79 Å². The van der Waals surface area contributed by atoms with Gasteiger partial charge in [0.05, 0.1) is 11.9 Å². The second-order valence-corrected chi connectivity index (χ2v) is 4.92. The Morgan fingerprint density at radius 1 is 1.61 bits per heavy atom. The normalized spacial score (nSPS) is 10.4. The lowest BCUT2D eigenvalue weighted by Crippen LogP contribution is -2.13. The molecule has 1 amide bonds. The number of pyridine rings is 1. The topological polar surface area (TPSA) is 80.9 Å². The molecule has 0 spiro atoms. The fraction of sp³-hybridized carbons (Fsp3) is 0.182. The van der Waals surface area contributed by atoms with Crippen molar-refractivity contribution in [3.8, 4) is 0 Å². The summed E-state index contributed by atoms with van der Waals surface area (Å²) >= 11 is 7.17. The van der Waals surface area contributed by atoms with E-state index in [1.807, 2.05) is 6.92 Å². The largest absolute Gasteiger partial charge is 0.325 e. The van der Waals surface area contributed by atoms with Gasteiger partial charge in [-0.2, -0.15) is 0 Å². The Morgan fingerprint density at radius 3 is 3.00 bits per heavy atom. The zero-order chi connectivity index (χ0) is 13.1. The lowest BCUT2D eigenvalue weighted by Gasteiger charge is -2.04. The van der Waals surface area contributed by atoms with Crippen LogP contribution in [0.15, 0.2) is 17.6 Å². The monoisotopic (exact) mass is 282 g/mol. The number of carbonyl (C=O) groups is 1. The van der Waals surface area contributed by atoms with Crippen LogP contribution in [-0.4, -0.2) is 15.9 Å². The molecule has 3 N–H and O–H groups in total. The third-order valence-electron chi connectivity index (χ3n) is 2.23. The molecule has 0 atom stereocenters. The summed E-state index contributed by atoms with van der Waals surface area (Å²) < 4.78 is 0. The minimum absolute atomic E-state index is 0.283. The van der Waals surface area contributed by atoms with Crippen molar-refractivity contribution in [3.05, 3.63) is 39.1 Å². The first kappa shape index (κ1) is 12.9. The van der Waals surface area contributed by atoms with E-state index in [0.29, 0.717) is 23.1 Å². The van der Waals surface area contributed by atoms with Crippen LogP contribution in [0.1, 0.15) is 21.1 Å². The van der Waals surface area contributed by atoms with Crippen LogP contribution < -0.4 is 11.1 Å². The number of nitrogens with one attached hydrogen (secondary N) is 1. The first-order chi connectivity index (χ1) is 8.60. The summed E-state index contributed by atoms with van der Waals surface area (Å²) in [5.41, 5.74) is 7.19. The summed E-state index contributed by atoms with van der Waals surface area (Å²) in [6.45, 7) is 2.15. The highest BCUT2D eigenvalue weighted by Crippen LogP contribution is 2.17. The van der Waals surface area contributed by atoms with Gasteiger partial charge in [-0.3, -0.25) is 4.79 Å². The quantitative estimate of drug-likeness (QED) is 0.846. The van der Waals surface area contributed by atoms with E-state index in [2.05, 4.69) is 15.3 Å². The Hall–Kier alpha value is -1.50. The molecular weight excluding hydrogens is 272 g/mol. The van der Waals surface area contributed by atoms with Crippen LogP contribution in [-0.2, 0) is 6.54 Å². The van der Waals surface area contributed by atoms with Crippen molar-refractivity contribution >= 4 is 34.5 Å². The number of hydrogen-bond donors (Lipinski definition) is 2. The first-order valence-corrected chi connectivity index (χ1v) is 6.44. The highest BCUT2D eigenvalue weighted by atomic mass is 35.5. The van der Waals surface area contributed by atoms with Gasteiger partial charge < -0.3 is 11.1 Å². The molecular formula is C11H11ClN4OS. The zero-order valence-corrected chi connectivity index (χ0v) is 11.2. The molecule has 2 aromatic heterocycles. The van der Waals surface area contributed by atoms with Crippen LogP contribution in [0, 0.1) is 6.92 Å². The van der Waals surface area contributed by atoms with E-state index in [4.69, 9.17) is 17.3 Å². The third kappa shape index (κ3) is 2.84. The van der Waals surface area contributed by atoms with Crippen LogP contribution >= 0.6 is 22.9 Å². The smallest absolute Gasteiger partial charge is 0.275 e. The van der Waals surface area contributed by atoms with E-state index in [1.165, 1.54) is 17.5 Å². The summed E-state index contributed by atoms with van der Waals surface area (Å²) in [6, 6.07) is 1.75. The highest BCUT2D eigenvalue weighted by molar-refractivity contribution is 7.09. The average molecular weight is 283 g/mol. The maximum atomic E-state index is 11.9. The number of nitrogens with two attached hydrogens (primary N) is 1. The van der Waals surface area contributed by atoms with E-state index in [0.717, 1.165) is 10.6 Å². The third-order valence-corrected chi connectivity index (χ3v) is 3.50. The van der Waals surface area contributed by atoms with E-state index in [1.54, 1.807) is 11.4 Å². The molecule has 0 aliphatic carbocycles. The van der Waals surface area contributed by atoms with E-state index >= 15 is 0 Å². The van der Waals surface area contributed by atoms with Crippen molar-refractivity contribution in [2.45, 2.75) is 13.5 Å². The van der Waals surface area contributed by atoms with Gasteiger partial charge in [-0.05, 0) is 18.6 Å². The maximum Gasteiger partial charge on any atom is 0.275 e. The van der Waals surface area contributed by atoms with Crippen LogP contribution in [0.5, 0.6) is 0 Å². The van der Waals surface area contributed by atoms with Gasteiger partial charge in [-0.15, -0.1) is 11.3 Å². The van der Waals surface area contributed by atoms with Crippen molar-refractivity contribution in [2.24, 2.45) is 5.73 Å². The second-order valence-electron chi connectivity index (χ2n) is 3.62. The zero-order valence-electron chi connectivity index (χ0n) is 9.61. The predicted octanol–water partition coefficient (Wildman–Crippen LogP) is 2.21. The molecule has 5 nitrogen and oxygen atoms in total. The number of carbonyl (C=O) groups excluding carboxylic acids is 1. The molecule has 0 aromatic carbocycles. The summed E-state index contributed by atoms with van der Waals surface area (Å²) in [5.74, 6) is -0.283. The van der Waals surface area contributed by atoms with Gasteiger partial charge in [0.25, 0.3) is 5.91 Å². The summed E-state index contributed by atoms with van der Waals surface area (Å²) in [4.78, 5) is 19.9.